The van der Waals surface area contributed by atoms with Gasteiger partial charge in [-0.1, -0.05) is 48.5 Å². The highest BCUT2D eigenvalue weighted by atomic mass is 16.4. The van der Waals surface area contributed by atoms with Gasteiger partial charge in [0.25, 0.3) is 0 Å². The molecule has 1 aliphatic heterocycles. The molecule has 1 amide bonds. The van der Waals surface area contributed by atoms with Crippen LogP contribution in [0.5, 0.6) is 0 Å². The monoisotopic (exact) mass is 295 g/mol. The maximum absolute atomic E-state index is 12.9. The van der Waals surface area contributed by atoms with E-state index in [2.05, 4.69) is 0 Å². The molecule has 1 heterocycles. The largest absolute Gasteiger partial charge is 0.481 e. The molecule has 1 atom stereocenters. The fourth-order valence-electron chi connectivity index (χ4n) is 3.09. The summed E-state index contributed by atoms with van der Waals surface area (Å²) >= 11 is 0. The number of carboxylic acids is 1. The highest BCUT2D eigenvalue weighted by Gasteiger charge is 2.48. The summed E-state index contributed by atoms with van der Waals surface area (Å²) < 4.78 is 0. The van der Waals surface area contributed by atoms with Gasteiger partial charge in [0.2, 0.25) is 5.91 Å². The molecule has 0 unspecified atom stereocenters. The van der Waals surface area contributed by atoms with Crippen LogP contribution in [0.4, 0.5) is 5.69 Å². The number of hydrogen-bond acceptors (Lipinski definition) is 2. The van der Waals surface area contributed by atoms with E-state index in [1.807, 2.05) is 54.6 Å². The fourth-order valence-corrected chi connectivity index (χ4v) is 3.09. The van der Waals surface area contributed by atoms with Crippen molar-refractivity contribution in [3.05, 3.63) is 65.7 Å². The molecule has 0 aromatic heterocycles. The van der Waals surface area contributed by atoms with Crippen molar-refractivity contribution in [2.75, 3.05) is 4.90 Å². The Hall–Kier alpha value is -2.62. The summed E-state index contributed by atoms with van der Waals surface area (Å²) in [5.74, 6) is -1.12. The lowest BCUT2D eigenvalue weighted by atomic mass is 9.81. The molecule has 2 aromatic carbocycles. The summed E-state index contributed by atoms with van der Waals surface area (Å²) in [5.41, 5.74) is 1.61. The molecule has 0 aliphatic carbocycles. The molecule has 0 bridgehead atoms. The van der Waals surface area contributed by atoms with E-state index in [0.717, 1.165) is 16.8 Å². The van der Waals surface area contributed by atoms with E-state index in [1.165, 1.54) is 0 Å². The number of hydrogen-bond donors (Lipinski definition) is 1. The van der Waals surface area contributed by atoms with Crippen LogP contribution < -0.4 is 4.90 Å². The predicted octanol–water partition coefficient (Wildman–Crippen LogP) is 2.97. The molecule has 1 aliphatic rings. The van der Waals surface area contributed by atoms with Crippen molar-refractivity contribution in [2.24, 2.45) is 0 Å². The van der Waals surface area contributed by atoms with Gasteiger partial charge in [0.15, 0.2) is 0 Å². The van der Waals surface area contributed by atoms with Crippen LogP contribution in [-0.2, 0) is 21.5 Å². The Bertz CT molecular complexity index is 726. The van der Waals surface area contributed by atoms with Gasteiger partial charge in [0.05, 0.1) is 18.4 Å². The maximum atomic E-state index is 12.9. The van der Waals surface area contributed by atoms with Gasteiger partial charge in [0.1, 0.15) is 0 Å². The molecule has 2 aromatic rings. The summed E-state index contributed by atoms with van der Waals surface area (Å²) in [7, 11) is 0. The molecule has 0 saturated carbocycles. The zero-order valence-corrected chi connectivity index (χ0v) is 12.3. The Morgan fingerprint density at radius 3 is 2.41 bits per heavy atom. The average molecular weight is 295 g/mol. The topological polar surface area (TPSA) is 57.6 Å². The maximum Gasteiger partial charge on any atom is 0.304 e. The SMILES string of the molecule is C[C@]1(CC(=O)O)C(=O)N(Cc2ccccc2)c2ccccc21. The fraction of sp³-hybridized carbons (Fsp3) is 0.222. The second-order valence-electron chi connectivity index (χ2n) is 5.80. The van der Waals surface area contributed by atoms with Gasteiger partial charge in [0, 0.05) is 5.69 Å². The van der Waals surface area contributed by atoms with Crippen LogP contribution in [0.2, 0.25) is 0 Å². The van der Waals surface area contributed by atoms with E-state index >= 15 is 0 Å². The summed E-state index contributed by atoms with van der Waals surface area (Å²) in [4.78, 5) is 25.8. The average Bonchev–Trinajstić information content (AvgIpc) is 2.70. The molecule has 22 heavy (non-hydrogen) atoms. The Kier molecular flexibility index (Phi) is 3.45. The second kappa shape index (κ2) is 5.30. The number of carboxylic acid groups (broad SMARTS) is 1. The summed E-state index contributed by atoms with van der Waals surface area (Å²) in [6.45, 7) is 2.17. The number of aliphatic carboxylic acids is 1. The standard InChI is InChI=1S/C18H17NO3/c1-18(11-16(20)21)14-9-5-6-10-15(14)19(17(18)22)12-13-7-3-2-4-8-13/h2-10H,11-12H2,1H3,(H,20,21)/t18-/m1/s1. The molecule has 3 rings (SSSR count). The summed E-state index contributed by atoms with van der Waals surface area (Å²) in [6, 6.07) is 17.2. The Morgan fingerprint density at radius 1 is 1.09 bits per heavy atom. The first kappa shape index (κ1) is 14.3. The van der Waals surface area contributed by atoms with Crippen LogP contribution in [0, 0.1) is 0 Å². The summed E-state index contributed by atoms with van der Waals surface area (Å²) in [5, 5.41) is 9.19. The number of para-hydroxylation sites is 1. The third-order valence-electron chi connectivity index (χ3n) is 4.19. The molecular weight excluding hydrogens is 278 g/mol. The Balaban J connectivity index is 2.02. The first-order chi connectivity index (χ1) is 10.5. The number of carbonyl (C=O) groups excluding carboxylic acids is 1. The first-order valence-corrected chi connectivity index (χ1v) is 7.19. The highest BCUT2D eigenvalue weighted by Crippen LogP contribution is 2.44. The third-order valence-corrected chi connectivity index (χ3v) is 4.19. The Morgan fingerprint density at radius 2 is 1.73 bits per heavy atom. The molecule has 112 valence electrons. The van der Waals surface area contributed by atoms with E-state index in [1.54, 1.807) is 11.8 Å². The van der Waals surface area contributed by atoms with Crippen LogP contribution >= 0.6 is 0 Å². The molecule has 0 fully saturated rings. The quantitative estimate of drug-likeness (QED) is 0.943. The summed E-state index contributed by atoms with van der Waals surface area (Å²) in [6.07, 6.45) is -0.200. The van der Waals surface area contributed by atoms with Crippen molar-refractivity contribution in [3.63, 3.8) is 0 Å². The van der Waals surface area contributed by atoms with Gasteiger partial charge in [-0.2, -0.15) is 0 Å². The lowest BCUT2D eigenvalue weighted by Crippen LogP contribution is -2.39. The van der Waals surface area contributed by atoms with Gasteiger partial charge in [-0.15, -0.1) is 0 Å². The van der Waals surface area contributed by atoms with Crippen LogP contribution in [0.25, 0.3) is 0 Å². The van der Waals surface area contributed by atoms with Crippen LogP contribution in [0.15, 0.2) is 54.6 Å². The molecule has 4 nitrogen and oxygen atoms in total. The van der Waals surface area contributed by atoms with Crippen molar-refractivity contribution in [1.29, 1.82) is 0 Å². The van der Waals surface area contributed by atoms with E-state index < -0.39 is 11.4 Å². The number of benzene rings is 2. The highest BCUT2D eigenvalue weighted by molar-refractivity contribution is 6.09. The normalized spacial score (nSPS) is 20.0. The smallest absolute Gasteiger partial charge is 0.304 e. The number of anilines is 1. The number of carbonyl (C=O) groups is 2. The minimum atomic E-state index is -1.00. The molecule has 1 N–H and O–H groups in total. The number of fused-ring (bicyclic) bond motifs is 1. The predicted molar refractivity (Wildman–Crippen MR) is 83.7 cm³/mol. The lowest BCUT2D eigenvalue weighted by Gasteiger charge is -2.22. The van der Waals surface area contributed by atoms with Crippen molar-refractivity contribution < 1.29 is 14.7 Å². The number of rotatable bonds is 4. The Labute approximate surface area is 129 Å². The van der Waals surface area contributed by atoms with Crippen molar-refractivity contribution in [2.45, 2.75) is 25.3 Å². The molecule has 0 radical (unpaired) electrons. The zero-order valence-electron chi connectivity index (χ0n) is 12.3. The minimum Gasteiger partial charge on any atom is -0.481 e. The third kappa shape index (κ3) is 2.26. The minimum absolute atomic E-state index is 0.153. The van der Waals surface area contributed by atoms with E-state index in [0.29, 0.717) is 6.54 Å². The van der Waals surface area contributed by atoms with Gasteiger partial charge in [-0.25, -0.2) is 0 Å². The second-order valence-corrected chi connectivity index (χ2v) is 5.80. The van der Waals surface area contributed by atoms with E-state index in [9.17, 15) is 14.7 Å². The molecular formula is C18H17NO3. The van der Waals surface area contributed by atoms with E-state index in [4.69, 9.17) is 0 Å². The van der Waals surface area contributed by atoms with Gasteiger partial charge in [-0.05, 0) is 24.1 Å². The van der Waals surface area contributed by atoms with E-state index in [-0.39, 0.29) is 12.3 Å². The van der Waals surface area contributed by atoms with Gasteiger partial charge < -0.3 is 10.0 Å². The van der Waals surface area contributed by atoms with Gasteiger partial charge >= 0.3 is 5.97 Å². The van der Waals surface area contributed by atoms with Crippen LogP contribution in [-0.4, -0.2) is 17.0 Å². The number of amides is 1. The van der Waals surface area contributed by atoms with Crippen LogP contribution in [0.1, 0.15) is 24.5 Å². The van der Waals surface area contributed by atoms with Crippen LogP contribution in [0.3, 0.4) is 0 Å². The van der Waals surface area contributed by atoms with Crippen molar-refractivity contribution in [3.8, 4) is 0 Å². The first-order valence-electron chi connectivity index (χ1n) is 7.19. The zero-order chi connectivity index (χ0) is 15.7. The number of nitrogens with zero attached hydrogens (tertiary/aromatic N) is 1. The lowest BCUT2D eigenvalue weighted by molar-refractivity contribution is -0.141. The van der Waals surface area contributed by atoms with Crippen molar-refractivity contribution in [1.82, 2.24) is 0 Å². The van der Waals surface area contributed by atoms with Gasteiger partial charge in [-0.3, -0.25) is 9.59 Å². The molecule has 0 saturated heterocycles. The molecule has 0 spiro atoms. The van der Waals surface area contributed by atoms with Crippen molar-refractivity contribution >= 4 is 17.6 Å². The molecule has 4 heteroatoms.